The monoisotopic (exact) mass is 301 g/mol. The van der Waals surface area contributed by atoms with Gasteiger partial charge in [0.25, 0.3) is 0 Å². The highest BCUT2D eigenvalue weighted by atomic mass is 16.4. The second-order valence-corrected chi connectivity index (χ2v) is 5.80. The van der Waals surface area contributed by atoms with E-state index >= 15 is 0 Å². The summed E-state index contributed by atoms with van der Waals surface area (Å²) in [6.07, 6.45) is 0.525. The Labute approximate surface area is 128 Å². The van der Waals surface area contributed by atoms with Crippen LogP contribution in [0.5, 0.6) is 0 Å². The number of H-pyrrole nitrogens is 1. The number of nitrogens with zero attached hydrogens (tertiary/aromatic N) is 1. The molecule has 6 nitrogen and oxygen atoms in total. The van der Waals surface area contributed by atoms with E-state index in [4.69, 9.17) is 5.11 Å². The molecule has 1 aliphatic rings. The van der Waals surface area contributed by atoms with Gasteiger partial charge in [0.2, 0.25) is 0 Å². The molecule has 6 heteroatoms. The molecule has 1 aromatic carbocycles. The quantitative estimate of drug-likeness (QED) is 0.811. The van der Waals surface area contributed by atoms with Crippen molar-refractivity contribution in [2.24, 2.45) is 5.92 Å². The van der Waals surface area contributed by atoms with Gasteiger partial charge in [-0.2, -0.15) is 0 Å². The smallest absolute Gasteiger partial charge is 0.317 e. The van der Waals surface area contributed by atoms with E-state index in [1.807, 2.05) is 25.1 Å². The molecule has 1 atom stereocenters. The van der Waals surface area contributed by atoms with Gasteiger partial charge >= 0.3 is 12.0 Å². The van der Waals surface area contributed by atoms with Crippen LogP contribution in [-0.2, 0) is 11.3 Å². The van der Waals surface area contributed by atoms with Crippen molar-refractivity contribution in [2.75, 3.05) is 13.1 Å². The number of aromatic nitrogens is 1. The fourth-order valence-electron chi connectivity index (χ4n) is 2.87. The van der Waals surface area contributed by atoms with Gasteiger partial charge in [0.05, 0.1) is 5.92 Å². The Bertz CT molecular complexity index is 722. The van der Waals surface area contributed by atoms with Crippen LogP contribution in [0.25, 0.3) is 10.9 Å². The molecule has 2 aromatic rings. The number of carbonyl (C=O) groups is 2. The molecule has 0 aliphatic carbocycles. The molecule has 0 spiro atoms. The Hall–Kier alpha value is -2.50. The van der Waals surface area contributed by atoms with Gasteiger partial charge in [0.15, 0.2) is 0 Å². The molecular weight excluding hydrogens is 282 g/mol. The van der Waals surface area contributed by atoms with Crippen LogP contribution in [0, 0.1) is 12.8 Å². The molecule has 2 heterocycles. The molecule has 0 radical (unpaired) electrons. The van der Waals surface area contributed by atoms with Gasteiger partial charge in [-0.3, -0.25) is 4.79 Å². The highest BCUT2D eigenvalue weighted by molar-refractivity contribution is 5.81. The number of nitrogens with one attached hydrogen (secondary N) is 2. The van der Waals surface area contributed by atoms with Gasteiger partial charge in [-0.15, -0.1) is 0 Å². The van der Waals surface area contributed by atoms with Crippen molar-refractivity contribution < 1.29 is 14.7 Å². The highest BCUT2D eigenvalue weighted by Crippen LogP contribution is 2.18. The normalized spacial score (nSPS) is 17.9. The number of carboxylic acids is 1. The second-order valence-electron chi connectivity index (χ2n) is 5.80. The number of aliphatic carboxylic acids is 1. The van der Waals surface area contributed by atoms with Crippen LogP contribution in [0.2, 0.25) is 0 Å². The first kappa shape index (κ1) is 14.4. The van der Waals surface area contributed by atoms with Crippen molar-refractivity contribution in [1.29, 1.82) is 0 Å². The maximum atomic E-state index is 12.1. The van der Waals surface area contributed by atoms with Crippen LogP contribution >= 0.6 is 0 Å². The van der Waals surface area contributed by atoms with Gasteiger partial charge in [-0.1, -0.05) is 6.07 Å². The molecule has 22 heavy (non-hydrogen) atoms. The van der Waals surface area contributed by atoms with Gasteiger partial charge in [-0.05, 0) is 42.5 Å². The number of rotatable bonds is 3. The van der Waals surface area contributed by atoms with E-state index in [9.17, 15) is 9.59 Å². The molecule has 0 saturated carbocycles. The van der Waals surface area contributed by atoms with Crippen LogP contribution in [0.1, 0.15) is 17.7 Å². The summed E-state index contributed by atoms with van der Waals surface area (Å²) in [4.78, 5) is 27.8. The van der Waals surface area contributed by atoms with Gasteiger partial charge in [0, 0.05) is 30.8 Å². The predicted molar refractivity (Wildman–Crippen MR) is 82.6 cm³/mol. The third kappa shape index (κ3) is 2.90. The number of amides is 2. The minimum atomic E-state index is -0.830. The van der Waals surface area contributed by atoms with Crippen molar-refractivity contribution in [2.45, 2.75) is 19.9 Å². The lowest BCUT2D eigenvalue weighted by Crippen LogP contribution is -2.38. The summed E-state index contributed by atoms with van der Waals surface area (Å²) in [6, 6.07) is 7.89. The van der Waals surface area contributed by atoms with Crippen molar-refractivity contribution in [3.8, 4) is 0 Å². The number of carbonyl (C=O) groups excluding carboxylic acids is 1. The Balaban J connectivity index is 1.59. The highest BCUT2D eigenvalue weighted by Gasteiger charge is 2.30. The van der Waals surface area contributed by atoms with Crippen LogP contribution in [0.3, 0.4) is 0 Å². The number of likely N-dealkylation sites (tertiary alicyclic amines) is 1. The molecule has 116 valence electrons. The Morgan fingerprint density at radius 2 is 2.23 bits per heavy atom. The van der Waals surface area contributed by atoms with E-state index in [1.165, 1.54) is 0 Å². The van der Waals surface area contributed by atoms with Gasteiger partial charge in [-0.25, -0.2) is 4.79 Å². The average Bonchev–Trinajstić information content (AvgIpc) is 3.09. The van der Waals surface area contributed by atoms with Crippen LogP contribution in [0.15, 0.2) is 24.3 Å². The van der Waals surface area contributed by atoms with E-state index in [-0.39, 0.29) is 12.6 Å². The lowest BCUT2D eigenvalue weighted by atomic mass is 10.1. The Morgan fingerprint density at radius 3 is 2.95 bits per heavy atom. The van der Waals surface area contributed by atoms with E-state index in [2.05, 4.69) is 16.4 Å². The van der Waals surface area contributed by atoms with Gasteiger partial charge in [0.1, 0.15) is 0 Å². The molecule has 3 rings (SSSR count). The zero-order valence-corrected chi connectivity index (χ0v) is 12.4. The molecule has 1 fully saturated rings. The minimum Gasteiger partial charge on any atom is -0.481 e. The number of hydrogen-bond acceptors (Lipinski definition) is 2. The molecule has 1 saturated heterocycles. The van der Waals surface area contributed by atoms with E-state index in [0.717, 1.165) is 22.2 Å². The van der Waals surface area contributed by atoms with Crippen molar-refractivity contribution >= 4 is 22.9 Å². The number of aromatic amines is 1. The first-order chi connectivity index (χ1) is 10.5. The number of hydrogen-bond donors (Lipinski definition) is 3. The summed E-state index contributed by atoms with van der Waals surface area (Å²) in [5, 5.41) is 12.9. The standard InChI is InChI=1S/C16H19N3O3/c1-10-6-13-7-11(2-3-14(13)18-10)8-17-16(22)19-5-4-12(9-19)15(20)21/h2-3,6-7,12,18H,4-5,8-9H2,1H3,(H,17,22)(H,20,21). The van der Waals surface area contributed by atoms with E-state index < -0.39 is 11.9 Å². The van der Waals surface area contributed by atoms with Crippen molar-refractivity contribution in [3.05, 3.63) is 35.5 Å². The predicted octanol–water partition coefficient (Wildman–Crippen LogP) is 2.09. The Kier molecular flexibility index (Phi) is 3.75. The fraction of sp³-hybridized carbons (Fsp3) is 0.375. The summed E-state index contributed by atoms with van der Waals surface area (Å²) in [7, 11) is 0. The molecule has 0 bridgehead atoms. The number of aryl methyl sites for hydroxylation is 1. The van der Waals surface area contributed by atoms with E-state index in [0.29, 0.717) is 19.5 Å². The number of benzene rings is 1. The van der Waals surface area contributed by atoms with Crippen molar-refractivity contribution in [3.63, 3.8) is 0 Å². The lowest BCUT2D eigenvalue weighted by molar-refractivity contribution is -0.141. The molecule has 1 aromatic heterocycles. The fourth-order valence-corrected chi connectivity index (χ4v) is 2.87. The van der Waals surface area contributed by atoms with Crippen LogP contribution in [0.4, 0.5) is 4.79 Å². The zero-order chi connectivity index (χ0) is 15.7. The van der Waals surface area contributed by atoms with Crippen LogP contribution in [-0.4, -0.2) is 40.1 Å². The lowest BCUT2D eigenvalue weighted by Gasteiger charge is -2.16. The summed E-state index contributed by atoms with van der Waals surface area (Å²) >= 11 is 0. The van der Waals surface area contributed by atoms with Crippen molar-refractivity contribution in [1.82, 2.24) is 15.2 Å². The van der Waals surface area contributed by atoms with Crippen LogP contribution < -0.4 is 5.32 Å². The molecule has 1 unspecified atom stereocenters. The molecule has 2 amide bonds. The number of urea groups is 1. The summed E-state index contributed by atoms with van der Waals surface area (Å²) in [6.45, 7) is 3.23. The summed E-state index contributed by atoms with van der Waals surface area (Å²) in [5.74, 6) is -1.27. The second kappa shape index (κ2) is 5.71. The zero-order valence-electron chi connectivity index (χ0n) is 12.4. The largest absolute Gasteiger partial charge is 0.481 e. The minimum absolute atomic E-state index is 0.200. The maximum Gasteiger partial charge on any atom is 0.317 e. The molecule has 1 aliphatic heterocycles. The maximum absolute atomic E-state index is 12.1. The third-order valence-electron chi connectivity index (χ3n) is 4.09. The Morgan fingerprint density at radius 1 is 1.41 bits per heavy atom. The topological polar surface area (TPSA) is 85.4 Å². The van der Waals surface area contributed by atoms with E-state index in [1.54, 1.807) is 4.90 Å². The third-order valence-corrected chi connectivity index (χ3v) is 4.09. The first-order valence-corrected chi connectivity index (χ1v) is 7.37. The average molecular weight is 301 g/mol. The van der Waals surface area contributed by atoms with Gasteiger partial charge < -0.3 is 20.3 Å². The summed E-state index contributed by atoms with van der Waals surface area (Å²) in [5.41, 5.74) is 3.21. The number of carboxylic acid groups (broad SMARTS) is 1. The number of fused-ring (bicyclic) bond motifs is 1. The summed E-state index contributed by atoms with van der Waals surface area (Å²) < 4.78 is 0. The molecular formula is C16H19N3O3. The molecule has 3 N–H and O–H groups in total. The first-order valence-electron chi connectivity index (χ1n) is 7.37. The SMILES string of the molecule is Cc1cc2cc(CNC(=O)N3CCC(C(=O)O)C3)ccc2[nH]1.